The van der Waals surface area contributed by atoms with Gasteiger partial charge in [-0.05, 0) is 45.6 Å². The summed E-state index contributed by atoms with van der Waals surface area (Å²) in [6, 6.07) is 0.670. The first kappa shape index (κ1) is 15.4. The molecule has 1 heterocycles. The lowest BCUT2D eigenvalue weighted by Crippen LogP contribution is -2.37. The second-order valence-electron chi connectivity index (χ2n) is 6.24. The quantitative estimate of drug-likeness (QED) is 0.899. The predicted molar refractivity (Wildman–Crippen MR) is 85.1 cm³/mol. The molecule has 1 aromatic rings. The Bertz CT molecular complexity index is 430. The van der Waals surface area contributed by atoms with Gasteiger partial charge in [0.25, 0.3) is 0 Å². The molecular formula is C16H30N4. The van der Waals surface area contributed by atoms with Crippen molar-refractivity contribution in [2.75, 3.05) is 19.0 Å². The molecule has 2 rings (SSSR count). The molecule has 0 atom stereocenters. The average Bonchev–Trinajstić information content (AvgIpc) is 2.73. The Morgan fingerprint density at radius 2 is 1.95 bits per heavy atom. The average molecular weight is 278 g/mol. The lowest BCUT2D eigenvalue weighted by atomic mass is 9.84. The molecule has 0 radical (unpaired) electrons. The van der Waals surface area contributed by atoms with E-state index in [4.69, 9.17) is 0 Å². The molecule has 0 aromatic carbocycles. The number of nitrogens with zero attached hydrogens (tertiary/aromatic N) is 3. The minimum absolute atomic E-state index is 0.670. The van der Waals surface area contributed by atoms with Crippen LogP contribution in [0.25, 0.3) is 0 Å². The highest BCUT2D eigenvalue weighted by molar-refractivity contribution is 5.50. The zero-order valence-electron chi connectivity index (χ0n) is 13.7. The van der Waals surface area contributed by atoms with E-state index in [2.05, 4.69) is 43.3 Å². The molecule has 114 valence electrons. The second-order valence-corrected chi connectivity index (χ2v) is 6.24. The van der Waals surface area contributed by atoms with Crippen LogP contribution in [-0.2, 0) is 13.6 Å². The van der Waals surface area contributed by atoms with Gasteiger partial charge in [-0.3, -0.25) is 4.68 Å². The van der Waals surface area contributed by atoms with Crippen molar-refractivity contribution in [3.05, 3.63) is 11.3 Å². The number of hydrogen-bond acceptors (Lipinski definition) is 3. The number of nitrogens with one attached hydrogen (secondary N) is 1. The third kappa shape index (κ3) is 3.00. The van der Waals surface area contributed by atoms with Crippen molar-refractivity contribution in [2.24, 2.45) is 13.0 Å². The lowest BCUT2D eigenvalue weighted by molar-refractivity contribution is 0.312. The maximum absolute atomic E-state index is 4.61. The van der Waals surface area contributed by atoms with Crippen LogP contribution in [-0.4, -0.2) is 29.9 Å². The Kier molecular flexibility index (Phi) is 5.08. The minimum atomic E-state index is 0.670. The summed E-state index contributed by atoms with van der Waals surface area (Å²) in [6.07, 6.45) is 6.73. The van der Waals surface area contributed by atoms with E-state index in [0.29, 0.717) is 6.04 Å². The van der Waals surface area contributed by atoms with E-state index in [0.717, 1.165) is 18.2 Å². The molecule has 0 unspecified atom stereocenters. The van der Waals surface area contributed by atoms with E-state index < -0.39 is 0 Å². The van der Waals surface area contributed by atoms with Gasteiger partial charge in [0.1, 0.15) is 5.82 Å². The van der Waals surface area contributed by atoms with Gasteiger partial charge >= 0.3 is 0 Å². The highest BCUT2D eigenvalue weighted by atomic mass is 15.4. The van der Waals surface area contributed by atoms with Gasteiger partial charge in [0, 0.05) is 32.2 Å². The number of hydrogen-bond donors (Lipinski definition) is 1. The molecule has 20 heavy (non-hydrogen) atoms. The normalized spacial score (nSPS) is 23.1. The van der Waals surface area contributed by atoms with E-state index in [1.807, 2.05) is 11.7 Å². The summed E-state index contributed by atoms with van der Waals surface area (Å²) in [5, 5.41) is 7.88. The molecule has 0 aliphatic heterocycles. The van der Waals surface area contributed by atoms with E-state index in [-0.39, 0.29) is 0 Å². The fraction of sp³-hybridized carbons (Fsp3) is 0.812. The maximum Gasteiger partial charge on any atom is 0.131 e. The molecule has 0 spiro atoms. The Balaban J connectivity index is 2.15. The third-order valence-corrected chi connectivity index (χ3v) is 4.94. The van der Waals surface area contributed by atoms with Crippen LogP contribution in [0.15, 0.2) is 0 Å². The SMILES string of the molecule is CCC1CCC(N(C)c2c(CNC)c(C)nn2C)CC1. The summed E-state index contributed by atoms with van der Waals surface area (Å²) in [6.45, 7) is 5.33. The molecular weight excluding hydrogens is 248 g/mol. The molecule has 0 amide bonds. The molecule has 1 aliphatic carbocycles. The fourth-order valence-corrected chi connectivity index (χ4v) is 3.63. The van der Waals surface area contributed by atoms with Gasteiger partial charge in [0.2, 0.25) is 0 Å². The van der Waals surface area contributed by atoms with Gasteiger partial charge in [-0.1, -0.05) is 13.3 Å². The van der Waals surface area contributed by atoms with E-state index in [9.17, 15) is 0 Å². The molecule has 4 heteroatoms. The first-order chi connectivity index (χ1) is 9.58. The van der Waals surface area contributed by atoms with Crippen molar-refractivity contribution in [3.63, 3.8) is 0 Å². The summed E-state index contributed by atoms with van der Waals surface area (Å²) >= 11 is 0. The van der Waals surface area contributed by atoms with Crippen molar-refractivity contribution in [2.45, 2.75) is 58.5 Å². The van der Waals surface area contributed by atoms with Crippen molar-refractivity contribution in [3.8, 4) is 0 Å². The Morgan fingerprint density at radius 3 is 2.50 bits per heavy atom. The van der Waals surface area contributed by atoms with Crippen molar-refractivity contribution < 1.29 is 0 Å². The molecule has 1 aliphatic rings. The van der Waals surface area contributed by atoms with Gasteiger partial charge in [-0.15, -0.1) is 0 Å². The maximum atomic E-state index is 4.61. The molecule has 0 bridgehead atoms. The molecule has 0 saturated heterocycles. The van der Waals surface area contributed by atoms with Crippen molar-refractivity contribution in [1.29, 1.82) is 0 Å². The van der Waals surface area contributed by atoms with Gasteiger partial charge in [-0.25, -0.2) is 0 Å². The van der Waals surface area contributed by atoms with Crippen LogP contribution < -0.4 is 10.2 Å². The van der Waals surface area contributed by atoms with Crippen LogP contribution in [0.4, 0.5) is 5.82 Å². The first-order valence-corrected chi connectivity index (χ1v) is 7.98. The smallest absolute Gasteiger partial charge is 0.131 e. The summed E-state index contributed by atoms with van der Waals surface area (Å²) in [4.78, 5) is 2.47. The summed E-state index contributed by atoms with van der Waals surface area (Å²) in [7, 11) is 6.31. The number of rotatable bonds is 5. The first-order valence-electron chi connectivity index (χ1n) is 7.98. The van der Waals surface area contributed by atoms with Gasteiger partial charge in [0.05, 0.1) is 5.69 Å². The second kappa shape index (κ2) is 6.61. The van der Waals surface area contributed by atoms with Crippen molar-refractivity contribution >= 4 is 5.82 Å². The largest absolute Gasteiger partial charge is 0.357 e. The minimum Gasteiger partial charge on any atom is -0.357 e. The standard InChI is InChI=1S/C16H30N4/c1-6-13-7-9-14(10-8-13)19(4)16-15(11-17-3)12(2)18-20(16)5/h13-14,17H,6-11H2,1-5H3. The third-order valence-electron chi connectivity index (χ3n) is 4.94. The van der Waals surface area contributed by atoms with Crippen LogP contribution in [0.3, 0.4) is 0 Å². The van der Waals surface area contributed by atoms with E-state index in [1.165, 1.54) is 43.5 Å². The highest BCUT2D eigenvalue weighted by Gasteiger charge is 2.26. The van der Waals surface area contributed by atoms with Gasteiger partial charge in [-0.2, -0.15) is 5.10 Å². The van der Waals surface area contributed by atoms with E-state index >= 15 is 0 Å². The summed E-state index contributed by atoms with van der Waals surface area (Å²) in [5.41, 5.74) is 2.49. The molecule has 1 saturated carbocycles. The zero-order valence-corrected chi connectivity index (χ0v) is 13.7. The van der Waals surface area contributed by atoms with Crippen LogP contribution in [0.5, 0.6) is 0 Å². The zero-order chi connectivity index (χ0) is 14.7. The van der Waals surface area contributed by atoms with Crippen LogP contribution in [0.1, 0.15) is 50.3 Å². The fourth-order valence-electron chi connectivity index (χ4n) is 3.63. The van der Waals surface area contributed by atoms with Crippen LogP contribution >= 0.6 is 0 Å². The predicted octanol–water partition coefficient (Wildman–Crippen LogP) is 2.85. The Hall–Kier alpha value is -1.03. The number of aromatic nitrogens is 2. The van der Waals surface area contributed by atoms with Crippen LogP contribution in [0, 0.1) is 12.8 Å². The number of aryl methyl sites for hydroxylation is 2. The summed E-state index contributed by atoms with van der Waals surface area (Å²) in [5.74, 6) is 2.24. The molecule has 1 aromatic heterocycles. The van der Waals surface area contributed by atoms with Gasteiger partial charge in [0.15, 0.2) is 0 Å². The summed E-state index contributed by atoms with van der Waals surface area (Å²) < 4.78 is 2.05. The monoisotopic (exact) mass is 278 g/mol. The molecule has 1 fully saturated rings. The van der Waals surface area contributed by atoms with Crippen molar-refractivity contribution in [1.82, 2.24) is 15.1 Å². The molecule has 1 N–H and O–H groups in total. The lowest BCUT2D eigenvalue weighted by Gasteiger charge is -2.36. The Morgan fingerprint density at radius 1 is 1.30 bits per heavy atom. The topological polar surface area (TPSA) is 33.1 Å². The van der Waals surface area contributed by atoms with Crippen LogP contribution in [0.2, 0.25) is 0 Å². The number of anilines is 1. The Labute approximate surface area is 123 Å². The van der Waals surface area contributed by atoms with E-state index in [1.54, 1.807) is 0 Å². The molecule has 4 nitrogen and oxygen atoms in total. The highest BCUT2D eigenvalue weighted by Crippen LogP contribution is 2.32. The van der Waals surface area contributed by atoms with Gasteiger partial charge < -0.3 is 10.2 Å².